The molecule has 0 saturated carbocycles. The maximum absolute atomic E-state index is 12.9. The predicted octanol–water partition coefficient (Wildman–Crippen LogP) is 4.25. The van der Waals surface area contributed by atoms with Crippen molar-refractivity contribution in [2.45, 2.75) is 19.8 Å². The fourth-order valence-electron chi connectivity index (χ4n) is 2.47. The first-order valence-electron chi connectivity index (χ1n) is 8.73. The van der Waals surface area contributed by atoms with E-state index >= 15 is 0 Å². The molecule has 0 saturated heterocycles. The number of nitrogens with zero attached hydrogens (tertiary/aromatic N) is 1. The Bertz CT molecular complexity index is 799. The van der Waals surface area contributed by atoms with Crippen LogP contribution in [0.2, 0.25) is 0 Å². The zero-order chi connectivity index (χ0) is 19.6. The molecule has 0 unspecified atom stereocenters. The maximum atomic E-state index is 12.9. The molecule has 28 heavy (non-hydrogen) atoms. The molecule has 3 N–H and O–H groups in total. The van der Waals surface area contributed by atoms with E-state index in [4.69, 9.17) is 0 Å². The highest BCUT2D eigenvalue weighted by Gasteiger charge is 2.06. The van der Waals surface area contributed by atoms with E-state index in [1.54, 1.807) is 19.2 Å². The molecule has 0 atom stereocenters. The topological polar surface area (TPSA) is 65.5 Å². The lowest BCUT2D eigenvalue weighted by atomic mass is 10.1. The van der Waals surface area contributed by atoms with Crippen LogP contribution in [0.3, 0.4) is 0 Å². The number of hydrogen-bond acceptors (Lipinski definition) is 2. The van der Waals surface area contributed by atoms with Crippen LogP contribution in [0.1, 0.15) is 17.5 Å². The smallest absolute Gasteiger partial charge is 0.226 e. The summed E-state index contributed by atoms with van der Waals surface area (Å²) in [6.07, 6.45) is 1.08. The van der Waals surface area contributed by atoms with Crippen molar-refractivity contribution in [1.29, 1.82) is 0 Å². The summed E-state index contributed by atoms with van der Waals surface area (Å²) in [5, 5.41) is 9.20. The summed E-state index contributed by atoms with van der Waals surface area (Å²) in [7, 11) is 1.68. The highest BCUT2D eigenvalue weighted by atomic mass is 127. The van der Waals surface area contributed by atoms with Gasteiger partial charge in [0, 0.05) is 36.7 Å². The number of halogens is 3. The Hall–Kier alpha value is -1.68. The molecule has 0 heterocycles. The molecule has 0 aliphatic rings. The van der Waals surface area contributed by atoms with Crippen molar-refractivity contribution in [1.82, 2.24) is 10.6 Å². The van der Waals surface area contributed by atoms with Gasteiger partial charge in [0.15, 0.2) is 5.96 Å². The average Bonchev–Trinajstić information content (AvgIpc) is 2.64. The lowest BCUT2D eigenvalue weighted by Gasteiger charge is -2.12. The van der Waals surface area contributed by atoms with Gasteiger partial charge in [0.2, 0.25) is 5.91 Å². The Morgan fingerprint density at radius 2 is 1.79 bits per heavy atom. The van der Waals surface area contributed by atoms with Crippen molar-refractivity contribution in [3.63, 3.8) is 0 Å². The number of aliphatic imine (C=N–C) groups is 1. The van der Waals surface area contributed by atoms with Gasteiger partial charge in [-0.2, -0.15) is 0 Å². The van der Waals surface area contributed by atoms with Gasteiger partial charge in [-0.1, -0.05) is 28.1 Å². The lowest BCUT2D eigenvalue weighted by Crippen LogP contribution is -2.39. The molecule has 0 aliphatic heterocycles. The Morgan fingerprint density at radius 1 is 1.11 bits per heavy atom. The van der Waals surface area contributed by atoms with Gasteiger partial charge in [-0.25, -0.2) is 4.39 Å². The quantitative estimate of drug-likeness (QED) is 0.268. The van der Waals surface area contributed by atoms with Crippen molar-refractivity contribution in [2.75, 3.05) is 25.5 Å². The number of guanidine groups is 1. The van der Waals surface area contributed by atoms with E-state index in [1.807, 2.05) is 25.1 Å². The zero-order valence-corrected chi connectivity index (χ0v) is 19.8. The molecule has 2 aromatic rings. The monoisotopic (exact) mass is 562 g/mol. The molecule has 0 aromatic heterocycles. The molecule has 5 nitrogen and oxygen atoms in total. The summed E-state index contributed by atoms with van der Waals surface area (Å²) < 4.78 is 13.9. The summed E-state index contributed by atoms with van der Waals surface area (Å²) in [6, 6.07) is 12.2. The van der Waals surface area contributed by atoms with Crippen molar-refractivity contribution in [3.8, 4) is 0 Å². The van der Waals surface area contributed by atoms with Crippen molar-refractivity contribution >= 4 is 57.5 Å². The van der Waals surface area contributed by atoms with E-state index in [1.165, 1.54) is 12.1 Å². The van der Waals surface area contributed by atoms with Gasteiger partial charge in [-0.3, -0.25) is 9.79 Å². The van der Waals surface area contributed by atoms with Crippen molar-refractivity contribution < 1.29 is 9.18 Å². The molecule has 1 amide bonds. The van der Waals surface area contributed by atoms with Crippen LogP contribution < -0.4 is 16.0 Å². The van der Waals surface area contributed by atoms with Gasteiger partial charge >= 0.3 is 0 Å². The number of hydrogen-bond donors (Lipinski definition) is 3. The molecule has 2 rings (SSSR count). The number of benzene rings is 2. The molecule has 0 bridgehead atoms. The van der Waals surface area contributed by atoms with Gasteiger partial charge in [0.25, 0.3) is 0 Å². The number of anilines is 1. The molecule has 8 heteroatoms. The number of carbonyl (C=O) groups excluding carboxylic acids is 1. The first-order chi connectivity index (χ1) is 13.0. The standard InChI is InChI=1S/C20H24BrFN4O.HI/c1-14-13-16(21)5-8-18(14)26-19(27)10-12-25-20(23-2)24-11-9-15-3-6-17(22)7-4-15;/h3-8,13H,9-12H2,1-2H3,(H,26,27)(H2,23,24,25);1H. The fourth-order valence-corrected chi connectivity index (χ4v) is 2.95. The zero-order valence-electron chi connectivity index (χ0n) is 15.9. The SMILES string of the molecule is CN=C(NCCC(=O)Nc1ccc(Br)cc1C)NCCc1ccc(F)cc1.I. The van der Waals surface area contributed by atoms with Gasteiger partial charge < -0.3 is 16.0 Å². The average molecular weight is 563 g/mol. The highest BCUT2D eigenvalue weighted by Crippen LogP contribution is 2.20. The third-order valence-corrected chi connectivity index (χ3v) is 4.44. The van der Waals surface area contributed by atoms with Gasteiger partial charge in [-0.05, 0) is 54.8 Å². The summed E-state index contributed by atoms with van der Waals surface area (Å²) >= 11 is 3.41. The second-order valence-corrected chi connectivity index (χ2v) is 6.98. The second-order valence-electron chi connectivity index (χ2n) is 6.06. The number of nitrogens with one attached hydrogen (secondary N) is 3. The maximum Gasteiger partial charge on any atom is 0.226 e. The second kappa shape index (κ2) is 12.7. The molecule has 0 aliphatic carbocycles. The Kier molecular flexibility index (Phi) is 11.1. The third kappa shape index (κ3) is 8.55. The molecular weight excluding hydrogens is 538 g/mol. The Morgan fingerprint density at radius 3 is 2.43 bits per heavy atom. The van der Waals surface area contributed by atoms with Crippen LogP contribution in [0.25, 0.3) is 0 Å². The van der Waals surface area contributed by atoms with E-state index in [9.17, 15) is 9.18 Å². The summed E-state index contributed by atoms with van der Waals surface area (Å²) in [6.45, 7) is 3.08. The van der Waals surface area contributed by atoms with E-state index < -0.39 is 0 Å². The molecule has 0 spiro atoms. The van der Waals surface area contributed by atoms with Crippen LogP contribution in [0.5, 0.6) is 0 Å². The highest BCUT2D eigenvalue weighted by molar-refractivity contribution is 14.0. The summed E-state index contributed by atoms with van der Waals surface area (Å²) in [5.74, 6) is 0.334. The Balaban J connectivity index is 0.00000392. The minimum Gasteiger partial charge on any atom is -0.356 e. The number of aryl methyl sites for hydroxylation is 1. The molecule has 2 aromatic carbocycles. The fraction of sp³-hybridized carbons (Fsp3) is 0.300. The largest absolute Gasteiger partial charge is 0.356 e. The minimum absolute atomic E-state index is 0. The lowest BCUT2D eigenvalue weighted by molar-refractivity contribution is -0.116. The number of carbonyl (C=O) groups is 1. The normalized spacial score (nSPS) is 10.8. The molecular formula is C20H25BrFIN4O. The van der Waals surface area contributed by atoms with Crippen LogP contribution in [-0.4, -0.2) is 32.0 Å². The summed E-state index contributed by atoms with van der Waals surface area (Å²) in [5.41, 5.74) is 2.86. The van der Waals surface area contributed by atoms with Gasteiger partial charge in [0.1, 0.15) is 5.82 Å². The van der Waals surface area contributed by atoms with Gasteiger partial charge in [-0.15, -0.1) is 24.0 Å². The van der Waals surface area contributed by atoms with E-state index in [0.717, 1.165) is 27.7 Å². The van der Waals surface area contributed by atoms with E-state index in [-0.39, 0.29) is 35.7 Å². The molecule has 152 valence electrons. The summed E-state index contributed by atoms with van der Waals surface area (Å²) in [4.78, 5) is 16.2. The third-order valence-electron chi connectivity index (χ3n) is 3.95. The molecule has 0 radical (unpaired) electrons. The Labute approximate surface area is 190 Å². The minimum atomic E-state index is -0.235. The predicted molar refractivity (Wildman–Crippen MR) is 127 cm³/mol. The van der Waals surface area contributed by atoms with E-state index in [0.29, 0.717) is 25.5 Å². The first kappa shape index (κ1) is 24.4. The van der Waals surface area contributed by atoms with E-state index in [2.05, 4.69) is 36.9 Å². The van der Waals surface area contributed by atoms with Crippen LogP contribution >= 0.6 is 39.9 Å². The van der Waals surface area contributed by atoms with Crippen LogP contribution in [0, 0.1) is 12.7 Å². The number of amides is 1. The van der Waals surface area contributed by atoms with Crippen molar-refractivity contribution in [2.24, 2.45) is 4.99 Å². The van der Waals surface area contributed by atoms with Crippen LogP contribution in [-0.2, 0) is 11.2 Å². The van der Waals surface area contributed by atoms with Crippen LogP contribution in [0.15, 0.2) is 51.9 Å². The molecule has 0 fully saturated rings. The van der Waals surface area contributed by atoms with Crippen LogP contribution in [0.4, 0.5) is 10.1 Å². The first-order valence-corrected chi connectivity index (χ1v) is 9.52. The number of rotatable bonds is 7. The van der Waals surface area contributed by atoms with Crippen molar-refractivity contribution in [3.05, 3.63) is 63.9 Å². The van der Waals surface area contributed by atoms with Gasteiger partial charge in [0.05, 0.1) is 0 Å².